The monoisotopic (exact) mass is 150 g/mol. The maximum atomic E-state index is 12.7. The molecule has 0 aliphatic carbocycles. The second kappa shape index (κ2) is 2.09. The molecule has 56 valence electrons. The molecular formula is C9H7FO. The van der Waals surface area contributed by atoms with Crippen LogP contribution in [0.15, 0.2) is 28.9 Å². The van der Waals surface area contributed by atoms with Gasteiger partial charge < -0.3 is 4.42 Å². The number of hydrogen-bond acceptors (Lipinski definition) is 1. The molecule has 2 heteroatoms. The summed E-state index contributed by atoms with van der Waals surface area (Å²) in [6, 6.07) is 4.68. The van der Waals surface area contributed by atoms with Gasteiger partial charge in [-0.2, -0.15) is 0 Å². The Labute approximate surface area is 63.4 Å². The Balaban J connectivity index is 2.91. The average Bonchev–Trinajstić information content (AvgIpc) is 2.34. The van der Waals surface area contributed by atoms with E-state index >= 15 is 0 Å². The molecule has 0 fully saturated rings. The standard InChI is InChI=1S/C9H7FO/c1-6-4-8(10)5-7-2-3-11-9(6)7/h2-5H,1H3. The second-order valence-electron chi connectivity index (χ2n) is 2.56. The fraction of sp³-hybridized carbons (Fsp3) is 0.111. The molecule has 0 N–H and O–H groups in total. The van der Waals surface area contributed by atoms with Gasteiger partial charge in [-0.25, -0.2) is 4.39 Å². The fourth-order valence-electron chi connectivity index (χ4n) is 1.22. The lowest BCUT2D eigenvalue weighted by atomic mass is 10.2. The summed E-state index contributed by atoms with van der Waals surface area (Å²) in [4.78, 5) is 0. The van der Waals surface area contributed by atoms with Gasteiger partial charge >= 0.3 is 0 Å². The van der Waals surface area contributed by atoms with Gasteiger partial charge in [0.05, 0.1) is 6.26 Å². The molecule has 0 amide bonds. The van der Waals surface area contributed by atoms with Gasteiger partial charge in [0.2, 0.25) is 0 Å². The maximum Gasteiger partial charge on any atom is 0.136 e. The minimum absolute atomic E-state index is 0.212. The van der Waals surface area contributed by atoms with E-state index in [1.807, 2.05) is 6.92 Å². The zero-order chi connectivity index (χ0) is 7.84. The Hall–Kier alpha value is -1.31. The zero-order valence-electron chi connectivity index (χ0n) is 6.10. The van der Waals surface area contributed by atoms with Gasteiger partial charge in [-0.05, 0) is 30.7 Å². The molecule has 0 aliphatic heterocycles. The van der Waals surface area contributed by atoms with Crippen molar-refractivity contribution in [2.75, 3.05) is 0 Å². The minimum Gasteiger partial charge on any atom is -0.464 e. The molecule has 0 saturated carbocycles. The zero-order valence-corrected chi connectivity index (χ0v) is 6.10. The molecule has 0 unspecified atom stereocenters. The number of rotatable bonds is 0. The van der Waals surface area contributed by atoms with Crippen LogP contribution in [0.1, 0.15) is 5.56 Å². The number of fused-ring (bicyclic) bond motifs is 1. The van der Waals surface area contributed by atoms with Gasteiger partial charge in [0.25, 0.3) is 0 Å². The number of furan rings is 1. The Bertz CT molecular complexity index is 389. The van der Waals surface area contributed by atoms with E-state index in [-0.39, 0.29) is 5.82 Å². The lowest BCUT2D eigenvalue weighted by Gasteiger charge is -1.93. The van der Waals surface area contributed by atoms with Crippen LogP contribution < -0.4 is 0 Å². The first-order valence-electron chi connectivity index (χ1n) is 3.41. The van der Waals surface area contributed by atoms with Crippen LogP contribution in [0, 0.1) is 12.7 Å². The van der Waals surface area contributed by atoms with Crippen molar-refractivity contribution in [1.82, 2.24) is 0 Å². The van der Waals surface area contributed by atoms with Crippen LogP contribution in [0.4, 0.5) is 4.39 Å². The molecule has 2 rings (SSSR count). The molecule has 0 spiro atoms. The lowest BCUT2D eigenvalue weighted by molar-refractivity contribution is 0.606. The summed E-state index contributed by atoms with van der Waals surface area (Å²) in [5.74, 6) is -0.212. The predicted molar refractivity (Wildman–Crippen MR) is 40.9 cm³/mol. The number of halogens is 1. The topological polar surface area (TPSA) is 13.1 Å². The third-order valence-corrected chi connectivity index (χ3v) is 1.70. The molecule has 1 aromatic carbocycles. The molecule has 1 heterocycles. The summed E-state index contributed by atoms with van der Waals surface area (Å²) in [6.07, 6.45) is 1.57. The Morgan fingerprint density at radius 3 is 3.00 bits per heavy atom. The summed E-state index contributed by atoms with van der Waals surface area (Å²) >= 11 is 0. The Kier molecular flexibility index (Phi) is 1.22. The summed E-state index contributed by atoms with van der Waals surface area (Å²) in [7, 11) is 0. The van der Waals surface area contributed by atoms with Gasteiger partial charge in [0.15, 0.2) is 0 Å². The van der Waals surface area contributed by atoms with Crippen molar-refractivity contribution in [3.63, 3.8) is 0 Å². The maximum absolute atomic E-state index is 12.7. The van der Waals surface area contributed by atoms with Crippen molar-refractivity contribution in [2.45, 2.75) is 6.92 Å². The highest BCUT2D eigenvalue weighted by Gasteiger charge is 2.01. The van der Waals surface area contributed by atoms with E-state index in [2.05, 4.69) is 0 Å². The first-order valence-corrected chi connectivity index (χ1v) is 3.41. The van der Waals surface area contributed by atoms with Gasteiger partial charge in [0.1, 0.15) is 11.4 Å². The summed E-state index contributed by atoms with van der Waals surface area (Å²) in [6.45, 7) is 1.83. The van der Waals surface area contributed by atoms with E-state index in [1.165, 1.54) is 12.1 Å². The lowest BCUT2D eigenvalue weighted by Crippen LogP contribution is -1.77. The van der Waals surface area contributed by atoms with Gasteiger partial charge in [-0.15, -0.1) is 0 Å². The predicted octanol–water partition coefficient (Wildman–Crippen LogP) is 2.88. The highest BCUT2D eigenvalue weighted by Crippen LogP contribution is 2.20. The molecule has 0 aliphatic rings. The Morgan fingerprint density at radius 2 is 2.18 bits per heavy atom. The van der Waals surface area contributed by atoms with Crippen LogP contribution in [0.3, 0.4) is 0 Å². The normalized spacial score (nSPS) is 10.7. The van der Waals surface area contributed by atoms with Gasteiger partial charge in [0, 0.05) is 5.39 Å². The van der Waals surface area contributed by atoms with Crippen LogP contribution in [0.5, 0.6) is 0 Å². The highest BCUT2D eigenvalue weighted by atomic mass is 19.1. The minimum atomic E-state index is -0.212. The number of benzene rings is 1. The smallest absolute Gasteiger partial charge is 0.136 e. The Morgan fingerprint density at radius 1 is 1.36 bits per heavy atom. The quantitative estimate of drug-likeness (QED) is 0.562. The van der Waals surface area contributed by atoms with Crippen molar-refractivity contribution in [1.29, 1.82) is 0 Å². The highest BCUT2D eigenvalue weighted by molar-refractivity contribution is 5.80. The summed E-state index contributed by atoms with van der Waals surface area (Å²) in [5, 5.41) is 0.822. The summed E-state index contributed by atoms with van der Waals surface area (Å²) < 4.78 is 17.9. The third kappa shape index (κ3) is 0.909. The number of hydrogen-bond donors (Lipinski definition) is 0. The molecule has 11 heavy (non-hydrogen) atoms. The fourth-order valence-corrected chi connectivity index (χ4v) is 1.22. The van der Waals surface area contributed by atoms with Crippen molar-refractivity contribution >= 4 is 11.0 Å². The molecule has 1 aromatic heterocycles. The summed E-state index contributed by atoms with van der Waals surface area (Å²) in [5.41, 5.74) is 1.61. The molecule has 2 aromatic rings. The molecular weight excluding hydrogens is 143 g/mol. The van der Waals surface area contributed by atoms with Crippen molar-refractivity contribution in [3.8, 4) is 0 Å². The average molecular weight is 150 g/mol. The van der Waals surface area contributed by atoms with Crippen LogP contribution in [0.2, 0.25) is 0 Å². The second-order valence-corrected chi connectivity index (χ2v) is 2.56. The van der Waals surface area contributed by atoms with Gasteiger partial charge in [-0.3, -0.25) is 0 Å². The number of aryl methyl sites for hydroxylation is 1. The molecule has 0 saturated heterocycles. The van der Waals surface area contributed by atoms with E-state index in [0.29, 0.717) is 0 Å². The van der Waals surface area contributed by atoms with E-state index in [9.17, 15) is 4.39 Å². The van der Waals surface area contributed by atoms with E-state index in [1.54, 1.807) is 12.3 Å². The van der Waals surface area contributed by atoms with Gasteiger partial charge in [-0.1, -0.05) is 0 Å². The van der Waals surface area contributed by atoms with E-state index in [0.717, 1.165) is 16.5 Å². The molecule has 0 radical (unpaired) electrons. The SMILES string of the molecule is Cc1cc(F)cc2ccoc12. The van der Waals surface area contributed by atoms with Crippen LogP contribution >= 0.6 is 0 Å². The van der Waals surface area contributed by atoms with Crippen LogP contribution in [0.25, 0.3) is 11.0 Å². The largest absolute Gasteiger partial charge is 0.464 e. The first kappa shape index (κ1) is 6.40. The first-order chi connectivity index (χ1) is 5.27. The molecule has 0 atom stereocenters. The van der Waals surface area contributed by atoms with E-state index < -0.39 is 0 Å². The molecule has 0 bridgehead atoms. The van der Waals surface area contributed by atoms with Crippen molar-refractivity contribution in [3.05, 3.63) is 35.8 Å². The van der Waals surface area contributed by atoms with E-state index in [4.69, 9.17) is 4.42 Å². The third-order valence-electron chi connectivity index (χ3n) is 1.70. The van der Waals surface area contributed by atoms with Crippen molar-refractivity contribution < 1.29 is 8.81 Å². The van der Waals surface area contributed by atoms with Crippen LogP contribution in [-0.4, -0.2) is 0 Å². The molecule has 1 nitrogen and oxygen atoms in total. The van der Waals surface area contributed by atoms with Crippen molar-refractivity contribution in [2.24, 2.45) is 0 Å². The van der Waals surface area contributed by atoms with Crippen LogP contribution in [-0.2, 0) is 0 Å².